The number of nitrogens with zero attached hydrogens (tertiary/aromatic N) is 2. The van der Waals surface area contributed by atoms with Crippen LogP contribution in [0.1, 0.15) is 54.6 Å². The SMILES string of the molecule is C[C@@H]1CC(C)(C)N(C)c2ccc(/C=N\NC(=O)c3ccccc3Cl)cc21. The second-order valence-corrected chi connectivity index (χ2v) is 7.88. The topological polar surface area (TPSA) is 44.7 Å². The fourth-order valence-corrected chi connectivity index (χ4v) is 3.77. The second-order valence-electron chi connectivity index (χ2n) is 7.47. The van der Waals surface area contributed by atoms with E-state index in [1.165, 1.54) is 11.3 Å². The van der Waals surface area contributed by atoms with Crippen molar-refractivity contribution < 1.29 is 4.79 Å². The highest BCUT2D eigenvalue weighted by Gasteiger charge is 2.33. The fourth-order valence-electron chi connectivity index (χ4n) is 3.55. The molecule has 4 nitrogen and oxygen atoms in total. The van der Waals surface area contributed by atoms with Gasteiger partial charge >= 0.3 is 0 Å². The van der Waals surface area contributed by atoms with E-state index >= 15 is 0 Å². The number of benzene rings is 2. The first kappa shape index (κ1) is 18.5. The Balaban J connectivity index is 1.76. The van der Waals surface area contributed by atoms with Crippen LogP contribution < -0.4 is 10.3 Å². The minimum absolute atomic E-state index is 0.144. The molecule has 26 heavy (non-hydrogen) atoms. The zero-order chi connectivity index (χ0) is 18.9. The molecule has 136 valence electrons. The van der Waals surface area contributed by atoms with Gasteiger partial charge in [0.2, 0.25) is 0 Å². The highest BCUT2D eigenvalue weighted by molar-refractivity contribution is 6.33. The van der Waals surface area contributed by atoms with E-state index in [0.29, 0.717) is 16.5 Å². The van der Waals surface area contributed by atoms with Crippen molar-refractivity contribution in [2.45, 2.75) is 38.6 Å². The van der Waals surface area contributed by atoms with Crippen molar-refractivity contribution in [1.29, 1.82) is 0 Å². The van der Waals surface area contributed by atoms with E-state index in [0.717, 1.165) is 12.0 Å². The maximum atomic E-state index is 12.1. The zero-order valence-corrected chi connectivity index (χ0v) is 16.3. The first-order valence-electron chi connectivity index (χ1n) is 8.75. The number of nitrogens with one attached hydrogen (secondary N) is 1. The van der Waals surface area contributed by atoms with Crippen molar-refractivity contribution >= 4 is 29.4 Å². The summed E-state index contributed by atoms with van der Waals surface area (Å²) in [5.74, 6) is 0.155. The van der Waals surface area contributed by atoms with Crippen molar-refractivity contribution in [3.05, 3.63) is 64.2 Å². The minimum Gasteiger partial charge on any atom is -0.369 e. The number of anilines is 1. The third-order valence-electron chi connectivity index (χ3n) is 5.16. The summed E-state index contributed by atoms with van der Waals surface area (Å²) in [6.07, 6.45) is 2.77. The van der Waals surface area contributed by atoms with Gasteiger partial charge in [-0.2, -0.15) is 5.10 Å². The van der Waals surface area contributed by atoms with Gasteiger partial charge in [-0.05, 0) is 61.6 Å². The molecular weight excluding hydrogens is 346 g/mol. The second kappa shape index (κ2) is 7.12. The van der Waals surface area contributed by atoms with Gasteiger partial charge in [-0.1, -0.05) is 36.7 Å². The highest BCUT2D eigenvalue weighted by Crippen LogP contribution is 2.42. The van der Waals surface area contributed by atoms with Crippen LogP contribution in [0.2, 0.25) is 5.02 Å². The van der Waals surface area contributed by atoms with Gasteiger partial charge in [-0.3, -0.25) is 4.79 Å². The number of hydrazone groups is 1. The van der Waals surface area contributed by atoms with E-state index in [4.69, 9.17) is 11.6 Å². The Morgan fingerprint density at radius 1 is 1.31 bits per heavy atom. The summed E-state index contributed by atoms with van der Waals surface area (Å²) in [4.78, 5) is 14.5. The summed E-state index contributed by atoms with van der Waals surface area (Å²) >= 11 is 6.03. The summed E-state index contributed by atoms with van der Waals surface area (Å²) in [6.45, 7) is 6.80. The van der Waals surface area contributed by atoms with Crippen LogP contribution in [-0.4, -0.2) is 24.7 Å². The molecule has 2 aromatic carbocycles. The molecule has 5 heteroatoms. The van der Waals surface area contributed by atoms with Crippen molar-refractivity contribution in [3.8, 4) is 0 Å². The number of hydrogen-bond acceptors (Lipinski definition) is 3. The maximum Gasteiger partial charge on any atom is 0.272 e. The van der Waals surface area contributed by atoms with Gasteiger partial charge in [0.25, 0.3) is 5.91 Å². The van der Waals surface area contributed by atoms with E-state index in [9.17, 15) is 4.79 Å². The average Bonchev–Trinajstić information content (AvgIpc) is 2.60. The van der Waals surface area contributed by atoms with Gasteiger partial charge in [-0.15, -0.1) is 0 Å². The molecular formula is C21H24ClN3O. The molecule has 2 aromatic rings. The molecule has 1 atom stereocenters. The van der Waals surface area contributed by atoms with Gasteiger partial charge < -0.3 is 4.90 Å². The molecule has 0 saturated carbocycles. The lowest BCUT2D eigenvalue weighted by Gasteiger charge is -2.45. The first-order chi connectivity index (χ1) is 12.3. The van der Waals surface area contributed by atoms with E-state index in [2.05, 4.69) is 55.4 Å². The van der Waals surface area contributed by atoms with Crippen LogP contribution in [0.25, 0.3) is 0 Å². The first-order valence-corrected chi connectivity index (χ1v) is 9.13. The number of halogens is 1. The number of carbonyl (C=O) groups excluding carboxylic acids is 1. The Morgan fingerprint density at radius 3 is 2.77 bits per heavy atom. The van der Waals surface area contributed by atoms with E-state index in [-0.39, 0.29) is 11.4 Å². The minimum atomic E-state index is -0.320. The molecule has 0 aliphatic carbocycles. The number of hydrogen-bond donors (Lipinski definition) is 1. The van der Waals surface area contributed by atoms with Gasteiger partial charge in [0.1, 0.15) is 0 Å². The number of carbonyl (C=O) groups is 1. The van der Waals surface area contributed by atoms with E-state index in [1.807, 2.05) is 6.07 Å². The lowest BCUT2D eigenvalue weighted by Crippen LogP contribution is -2.45. The summed E-state index contributed by atoms with van der Waals surface area (Å²) in [7, 11) is 2.14. The molecule has 1 heterocycles. The molecule has 0 fully saturated rings. The number of rotatable bonds is 3. The Bertz CT molecular complexity index is 860. The summed E-state index contributed by atoms with van der Waals surface area (Å²) in [6, 6.07) is 13.2. The summed E-state index contributed by atoms with van der Waals surface area (Å²) in [5, 5.41) is 4.49. The number of fused-ring (bicyclic) bond motifs is 1. The van der Waals surface area contributed by atoms with Crippen molar-refractivity contribution in [3.63, 3.8) is 0 Å². The van der Waals surface area contributed by atoms with Crippen LogP contribution in [0.5, 0.6) is 0 Å². The predicted octanol–water partition coefficient (Wildman–Crippen LogP) is 4.83. The molecule has 0 saturated heterocycles. The fraction of sp³-hybridized carbons (Fsp3) is 0.333. The molecule has 0 bridgehead atoms. The van der Waals surface area contributed by atoms with Crippen LogP contribution in [0, 0.1) is 0 Å². The normalized spacial score (nSPS) is 18.7. The predicted molar refractivity (Wildman–Crippen MR) is 108 cm³/mol. The molecule has 1 N–H and O–H groups in total. The highest BCUT2D eigenvalue weighted by atomic mass is 35.5. The Labute approximate surface area is 159 Å². The third-order valence-corrected chi connectivity index (χ3v) is 5.49. The Kier molecular flexibility index (Phi) is 5.05. The molecule has 1 aliphatic rings. The van der Waals surface area contributed by atoms with Crippen LogP contribution in [0.4, 0.5) is 5.69 Å². The molecule has 1 aliphatic heterocycles. The number of amides is 1. The monoisotopic (exact) mass is 369 g/mol. The van der Waals surface area contributed by atoms with Crippen LogP contribution >= 0.6 is 11.6 Å². The maximum absolute atomic E-state index is 12.1. The van der Waals surface area contributed by atoms with Crippen LogP contribution in [0.15, 0.2) is 47.6 Å². The summed E-state index contributed by atoms with van der Waals surface area (Å²) in [5.41, 5.74) is 6.62. The summed E-state index contributed by atoms with van der Waals surface area (Å²) < 4.78 is 0. The van der Waals surface area contributed by atoms with Crippen LogP contribution in [-0.2, 0) is 0 Å². The van der Waals surface area contributed by atoms with Gasteiger partial charge in [0.15, 0.2) is 0 Å². The largest absolute Gasteiger partial charge is 0.369 e. The molecule has 0 radical (unpaired) electrons. The van der Waals surface area contributed by atoms with Crippen molar-refractivity contribution in [2.24, 2.45) is 5.10 Å². The molecule has 1 amide bonds. The van der Waals surface area contributed by atoms with E-state index in [1.54, 1.807) is 30.5 Å². The smallest absolute Gasteiger partial charge is 0.272 e. The molecule has 0 aromatic heterocycles. The standard InChI is InChI=1S/C21H24ClN3O/c1-14-12-21(2,3)25(4)19-10-9-15(11-17(14)19)13-23-24-20(26)16-7-5-6-8-18(16)22/h5-11,13-14H,12H2,1-4H3,(H,24,26)/b23-13-/t14-/m1/s1. The van der Waals surface area contributed by atoms with Crippen molar-refractivity contribution in [2.75, 3.05) is 11.9 Å². The third kappa shape index (κ3) is 3.61. The quantitative estimate of drug-likeness (QED) is 0.622. The van der Waals surface area contributed by atoms with Gasteiger partial charge in [-0.25, -0.2) is 5.43 Å². The Morgan fingerprint density at radius 2 is 2.04 bits per heavy atom. The molecule has 3 rings (SSSR count). The van der Waals surface area contributed by atoms with Gasteiger partial charge in [0.05, 0.1) is 16.8 Å². The van der Waals surface area contributed by atoms with Gasteiger partial charge in [0, 0.05) is 18.3 Å². The zero-order valence-electron chi connectivity index (χ0n) is 15.6. The Hall–Kier alpha value is -2.33. The molecule has 0 spiro atoms. The van der Waals surface area contributed by atoms with Crippen LogP contribution in [0.3, 0.4) is 0 Å². The lowest BCUT2D eigenvalue weighted by molar-refractivity contribution is 0.0955. The van der Waals surface area contributed by atoms with E-state index < -0.39 is 0 Å². The molecule has 0 unspecified atom stereocenters. The average molecular weight is 370 g/mol. The van der Waals surface area contributed by atoms with Crippen molar-refractivity contribution in [1.82, 2.24) is 5.43 Å². The lowest BCUT2D eigenvalue weighted by atomic mass is 9.80.